The molecule has 0 aromatic carbocycles. The standard InChI is InChI=1S/C21H34N2O8S2/c1-11(24)6-7-21(4,5)33-32-9-8-20(2,3)19(30)31-10-12-13(25)14(26)15(27)16-22-17(28)18(29)23(12)16/h12-16,25-27H,6-10H2,1-5H3,(H,22,28)/t12?,13-,14+,15+,16+/m1/s1. The number of Topliss-reactive ketones (excluding diaryl/α,β-unsaturated/α-hetero) is 1. The SMILES string of the molecule is CC(=O)CCC(C)(C)SSCCC(C)(C)C(=O)OCC1[C@@H](O)[C@H](O)[C@H](O)[C@H]2NC(=O)C(=O)N12. The lowest BCUT2D eigenvalue weighted by molar-refractivity contribution is -0.184. The fourth-order valence-electron chi connectivity index (χ4n) is 3.55. The molecular weight excluding hydrogens is 472 g/mol. The van der Waals surface area contributed by atoms with E-state index in [-0.39, 0.29) is 10.5 Å². The molecule has 2 rings (SSSR count). The molecule has 2 saturated heterocycles. The third kappa shape index (κ3) is 6.84. The lowest BCUT2D eigenvalue weighted by atomic mass is 9.90. The minimum absolute atomic E-state index is 0.0756. The van der Waals surface area contributed by atoms with Crippen LogP contribution in [0.3, 0.4) is 0 Å². The van der Waals surface area contributed by atoms with Gasteiger partial charge in [0, 0.05) is 16.9 Å². The first-order valence-corrected chi connectivity index (χ1v) is 13.1. The van der Waals surface area contributed by atoms with E-state index in [1.165, 1.54) is 0 Å². The number of nitrogens with one attached hydrogen (secondary N) is 1. The molecule has 0 radical (unpaired) electrons. The second-order valence-electron chi connectivity index (χ2n) is 9.77. The van der Waals surface area contributed by atoms with Crippen LogP contribution in [0.1, 0.15) is 53.9 Å². The van der Waals surface area contributed by atoms with Crippen molar-refractivity contribution in [1.82, 2.24) is 10.2 Å². The largest absolute Gasteiger partial charge is 0.463 e. The van der Waals surface area contributed by atoms with Crippen molar-refractivity contribution < 1.29 is 39.2 Å². The van der Waals surface area contributed by atoms with Crippen molar-refractivity contribution in [2.24, 2.45) is 5.41 Å². The van der Waals surface area contributed by atoms with Crippen LogP contribution in [0.4, 0.5) is 0 Å². The average molecular weight is 507 g/mol. The lowest BCUT2D eigenvalue weighted by Gasteiger charge is -2.44. The van der Waals surface area contributed by atoms with Gasteiger partial charge in [0.15, 0.2) is 0 Å². The number of ether oxygens (including phenoxy) is 1. The summed E-state index contributed by atoms with van der Waals surface area (Å²) in [7, 11) is 3.28. The summed E-state index contributed by atoms with van der Waals surface area (Å²) in [6, 6.07) is -1.17. The molecule has 0 bridgehead atoms. The first kappa shape index (κ1) is 27.9. The van der Waals surface area contributed by atoms with Gasteiger partial charge in [-0.25, -0.2) is 0 Å². The summed E-state index contributed by atoms with van der Waals surface area (Å²) in [6.45, 7) is 8.74. The predicted octanol–water partition coefficient (Wildman–Crippen LogP) is 0.225. The van der Waals surface area contributed by atoms with Gasteiger partial charge in [-0.3, -0.25) is 14.4 Å². The van der Waals surface area contributed by atoms with E-state index in [1.54, 1.807) is 42.4 Å². The molecule has 2 fully saturated rings. The molecule has 2 aliphatic heterocycles. The third-order valence-corrected chi connectivity index (χ3v) is 9.25. The number of carbonyl (C=O) groups excluding carboxylic acids is 4. The van der Waals surface area contributed by atoms with Crippen LogP contribution in [0.15, 0.2) is 0 Å². The molecule has 1 unspecified atom stereocenters. The smallest absolute Gasteiger partial charge is 0.314 e. The fourth-order valence-corrected chi connectivity index (χ4v) is 6.44. The second-order valence-corrected chi connectivity index (χ2v) is 12.9. The third-order valence-electron chi connectivity index (χ3n) is 5.89. The molecule has 10 nitrogen and oxygen atoms in total. The van der Waals surface area contributed by atoms with Crippen LogP contribution in [-0.4, -0.2) is 91.4 Å². The van der Waals surface area contributed by atoms with E-state index >= 15 is 0 Å². The number of aliphatic hydroxyl groups is 3. The minimum Gasteiger partial charge on any atom is -0.463 e. The molecule has 0 aromatic heterocycles. The Bertz CT molecular complexity index is 775. The zero-order valence-corrected chi connectivity index (χ0v) is 21.2. The van der Waals surface area contributed by atoms with Gasteiger partial charge in [-0.1, -0.05) is 21.6 Å². The Hall–Kier alpha value is -1.34. The van der Waals surface area contributed by atoms with Crippen molar-refractivity contribution in [3.05, 3.63) is 0 Å². The summed E-state index contributed by atoms with van der Waals surface area (Å²) in [6.07, 6.45) is -4.16. The number of piperidine rings is 1. The Morgan fingerprint density at radius 1 is 1.06 bits per heavy atom. The highest BCUT2D eigenvalue weighted by Crippen LogP contribution is 2.40. The van der Waals surface area contributed by atoms with Crippen molar-refractivity contribution in [1.29, 1.82) is 0 Å². The zero-order chi connectivity index (χ0) is 25.1. The van der Waals surface area contributed by atoms with Crippen molar-refractivity contribution in [3.8, 4) is 0 Å². The molecule has 12 heteroatoms. The van der Waals surface area contributed by atoms with Gasteiger partial charge in [-0.15, -0.1) is 0 Å². The Balaban J connectivity index is 1.88. The molecular formula is C21H34N2O8S2. The molecule has 2 amide bonds. The Kier molecular flexibility index (Phi) is 9.25. The van der Waals surface area contributed by atoms with Gasteiger partial charge >= 0.3 is 17.8 Å². The second kappa shape index (κ2) is 10.9. The van der Waals surface area contributed by atoms with Crippen LogP contribution in [0.5, 0.6) is 0 Å². The van der Waals surface area contributed by atoms with E-state index in [0.717, 1.165) is 11.3 Å². The number of rotatable bonds is 11. The highest BCUT2D eigenvalue weighted by Gasteiger charge is 2.55. The van der Waals surface area contributed by atoms with Crippen LogP contribution >= 0.6 is 21.6 Å². The number of carbonyl (C=O) groups is 4. The summed E-state index contributed by atoms with van der Waals surface area (Å²) in [5.41, 5.74) is -0.850. The average Bonchev–Trinajstić information content (AvgIpc) is 3.03. The Morgan fingerprint density at radius 3 is 2.30 bits per heavy atom. The van der Waals surface area contributed by atoms with Gasteiger partial charge in [0.2, 0.25) is 0 Å². The van der Waals surface area contributed by atoms with Crippen molar-refractivity contribution in [2.75, 3.05) is 12.4 Å². The van der Waals surface area contributed by atoms with Gasteiger partial charge < -0.3 is 35.1 Å². The van der Waals surface area contributed by atoms with E-state index in [9.17, 15) is 34.5 Å². The molecule has 5 atom stereocenters. The summed E-state index contributed by atoms with van der Waals surface area (Å²) in [5, 5.41) is 32.8. The van der Waals surface area contributed by atoms with E-state index < -0.39 is 60.3 Å². The van der Waals surface area contributed by atoms with Gasteiger partial charge in [0.25, 0.3) is 0 Å². The van der Waals surface area contributed by atoms with Crippen molar-refractivity contribution in [2.45, 2.75) is 89.1 Å². The number of esters is 1. The fraction of sp³-hybridized carbons (Fsp3) is 0.810. The van der Waals surface area contributed by atoms with Crippen LogP contribution < -0.4 is 5.32 Å². The van der Waals surface area contributed by atoms with Crippen molar-refractivity contribution >= 4 is 45.2 Å². The molecule has 188 valence electrons. The molecule has 33 heavy (non-hydrogen) atoms. The summed E-state index contributed by atoms with van der Waals surface area (Å²) >= 11 is 0. The van der Waals surface area contributed by atoms with Crippen LogP contribution in [0.2, 0.25) is 0 Å². The molecule has 2 aliphatic rings. The minimum atomic E-state index is -1.62. The highest BCUT2D eigenvalue weighted by atomic mass is 33.1. The number of ketones is 1. The quantitative estimate of drug-likeness (QED) is 0.132. The van der Waals surface area contributed by atoms with Crippen LogP contribution in [0.25, 0.3) is 0 Å². The predicted molar refractivity (Wildman–Crippen MR) is 124 cm³/mol. The van der Waals surface area contributed by atoms with Gasteiger partial charge in [0.1, 0.15) is 36.9 Å². The number of amides is 2. The monoisotopic (exact) mass is 506 g/mol. The van der Waals surface area contributed by atoms with Crippen LogP contribution in [-0.2, 0) is 23.9 Å². The van der Waals surface area contributed by atoms with E-state index in [0.29, 0.717) is 18.6 Å². The molecule has 0 aliphatic carbocycles. The zero-order valence-electron chi connectivity index (χ0n) is 19.6. The number of hydrogen-bond donors (Lipinski definition) is 4. The maximum atomic E-state index is 12.7. The number of aliphatic hydroxyl groups excluding tert-OH is 3. The molecule has 0 aromatic rings. The molecule has 0 saturated carbocycles. The van der Waals surface area contributed by atoms with Crippen LogP contribution in [0, 0.1) is 5.41 Å². The molecule has 4 N–H and O–H groups in total. The molecule has 2 heterocycles. The molecule has 0 spiro atoms. The summed E-state index contributed by atoms with van der Waals surface area (Å²) < 4.78 is 5.30. The number of hydrogen-bond acceptors (Lipinski definition) is 10. The Labute approximate surface area is 201 Å². The topological polar surface area (TPSA) is 153 Å². The highest BCUT2D eigenvalue weighted by molar-refractivity contribution is 8.77. The lowest BCUT2D eigenvalue weighted by Crippen LogP contribution is -2.68. The number of fused-ring (bicyclic) bond motifs is 1. The summed E-state index contributed by atoms with van der Waals surface area (Å²) in [4.78, 5) is 48.7. The van der Waals surface area contributed by atoms with E-state index in [4.69, 9.17) is 4.74 Å². The number of nitrogens with zero attached hydrogens (tertiary/aromatic N) is 1. The maximum Gasteiger partial charge on any atom is 0.314 e. The summed E-state index contributed by atoms with van der Waals surface area (Å²) in [5.74, 6) is -1.65. The normalized spacial score (nSPS) is 27.9. The Morgan fingerprint density at radius 2 is 1.70 bits per heavy atom. The van der Waals surface area contributed by atoms with E-state index in [2.05, 4.69) is 19.2 Å². The van der Waals surface area contributed by atoms with Gasteiger partial charge in [-0.05, 0) is 47.5 Å². The maximum absolute atomic E-state index is 12.7. The van der Waals surface area contributed by atoms with E-state index in [1.807, 2.05) is 0 Å². The first-order chi connectivity index (χ1) is 15.2. The van der Waals surface area contributed by atoms with Crippen molar-refractivity contribution in [3.63, 3.8) is 0 Å². The van der Waals surface area contributed by atoms with Gasteiger partial charge in [-0.2, -0.15) is 0 Å². The first-order valence-electron chi connectivity index (χ1n) is 10.8. The van der Waals surface area contributed by atoms with Gasteiger partial charge in [0.05, 0.1) is 11.5 Å².